The van der Waals surface area contributed by atoms with Crippen LogP contribution in [0, 0.1) is 6.92 Å². The number of benzene rings is 7. The van der Waals surface area contributed by atoms with Gasteiger partial charge in [0, 0.05) is 50.8 Å². The van der Waals surface area contributed by atoms with Gasteiger partial charge in [0.15, 0.2) is 0 Å². The van der Waals surface area contributed by atoms with Crippen LogP contribution >= 0.6 is 0 Å². The number of nitrogens with zero attached hydrogens (tertiary/aromatic N) is 3. The molecule has 0 unspecified atom stereocenters. The zero-order valence-corrected chi connectivity index (χ0v) is 38.8. The Morgan fingerprint density at radius 3 is 1.60 bits per heavy atom. The van der Waals surface area contributed by atoms with Gasteiger partial charge < -0.3 is 14.6 Å². The number of fused-ring (bicyclic) bond motifs is 6. The molecule has 7 aromatic carbocycles. The molecule has 310 valence electrons. The van der Waals surface area contributed by atoms with Crippen LogP contribution in [0.4, 0.5) is 45.5 Å². The van der Waals surface area contributed by atoms with Gasteiger partial charge in [-0.25, -0.2) is 0 Å². The van der Waals surface area contributed by atoms with Gasteiger partial charge in [0.2, 0.25) is 0 Å². The Morgan fingerprint density at radius 1 is 0.484 bits per heavy atom. The normalized spacial score (nSPS) is 14.8. The summed E-state index contributed by atoms with van der Waals surface area (Å²) in [6.07, 6.45) is 0. The summed E-state index contributed by atoms with van der Waals surface area (Å²) in [5.74, 6) is 0. The molecule has 0 spiro atoms. The lowest BCUT2D eigenvalue weighted by molar-refractivity contribution is 0.590. The first-order valence-corrected chi connectivity index (χ1v) is 22.6. The second-order valence-electron chi connectivity index (χ2n) is 21.7. The molecule has 0 radical (unpaired) electrons. The highest BCUT2D eigenvalue weighted by Crippen LogP contribution is 2.55. The van der Waals surface area contributed by atoms with Gasteiger partial charge >= 0.3 is 6.85 Å². The molecule has 0 fully saturated rings. The number of hydrogen-bond acceptors (Lipinski definition) is 3. The van der Waals surface area contributed by atoms with Crippen molar-refractivity contribution in [3.05, 3.63) is 179 Å². The predicted octanol–water partition coefficient (Wildman–Crippen LogP) is 14.7. The Hall–Kier alpha value is -6.00. The van der Waals surface area contributed by atoms with Crippen molar-refractivity contribution >= 4 is 63.3 Å². The first-order valence-electron chi connectivity index (χ1n) is 22.6. The summed E-state index contributed by atoms with van der Waals surface area (Å²) in [4.78, 5) is 7.69. The van der Waals surface area contributed by atoms with E-state index in [0.717, 1.165) is 17.1 Å². The molecule has 3 aliphatic rings. The zero-order valence-electron chi connectivity index (χ0n) is 38.8. The molecule has 3 nitrogen and oxygen atoms in total. The van der Waals surface area contributed by atoms with E-state index < -0.39 is 0 Å². The second-order valence-corrected chi connectivity index (χ2v) is 21.7. The highest BCUT2D eigenvalue weighted by molar-refractivity contribution is 6.93. The lowest BCUT2D eigenvalue weighted by atomic mass is 9.42. The Labute approximate surface area is 371 Å². The molecule has 0 aliphatic carbocycles. The van der Waals surface area contributed by atoms with E-state index in [1.165, 1.54) is 83.9 Å². The van der Waals surface area contributed by atoms with Crippen LogP contribution in [-0.2, 0) is 21.7 Å². The van der Waals surface area contributed by atoms with Crippen molar-refractivity contribution in [1.82, 2.24) is 0 Å². The summed E-state index contributed by atoms with van der Waals surface area (Å²) in [5, 5.41) is 0. The van der Waals surface area contributed by atoms with Crippen molar-refractivity contribution in [2.75, 3.05) is 14.6 Å². The SMILES string of the molecule is Cc1cc2c3c(c1)N1c4ccccc4C(C)(C)c4cccc(c41)B3N(c1ccc(C(C)(C)C)cc1)c1ccc(N(c3ccc(C(C)(C)C)cc3)c3ccc(C(C)(C)C)cc3)cc1-2. The summed E-state index contributed by atoms with van der Waals surface area (Å²) in [6, 6.07) is 56.1. The Morgan fingerprint density at radius 2 is 1.02 bits per heavy atom. The fourth-order valence-corrected chi connectivity index (χ4v) is 10.5. The number of rotatable bonds is 4. The maximum atomic E-state index is 2.65. The Kier molecular flexibility index (Phi) is 8.89. The van der Waals surface area contributed by atoms with Crippen molar-refractivity contribution in [1.29, 1.82) is 0 Å². The van der Waals surface area contributed by atoms with Crippen LogP contribution in [0.15, 0.2) is 146 Å². The third kappa shape index (κ3) is 6.23. The molecule has 3 aliphatic heterocycles. The number of anilines is 8. The van der Waals surface area contributed by atoms with Crippen LogP contribution in [0.1, 0.15) is 110 Å². The first-order chi connectivity index (χ1) is 29.3. The van der Waals surface area contributed by atoms with E-state index in [-0.39, 0.29) is 28.5 Å². The fraction of sp³-hybridized carbons (Fsp3) is 0.276. The number of hydrogen-bond donors (Lipinski definition) is 0. The summed E-state index contributed by atoms with van der Waals surface area (Å²) in [7, 11) is 0. The monoisotopic (exact) mass is 809 g/mol. The van der Waals surface area contributed by atoms with Crippen molar-refractivity contribution in [2.24, 2.45) is 0 Å². The van der Waals surface area contributed by atoms with Crippen LogP contribution in [0.5, 0.6) is 0 Å². The van der Waals surface area contributed by atoms with Crippen LogP contribution in [0.3, 0.4) is 0 Å². The number of para-hydroxylation sites is 2. The lowest BCUT2D eigenvalue weighted by Gasteiger charge is -2.50. The molecule has 0 bridgehead atoms. The van der Waals surface area contributed by atoms with Crippen molar-refractivity contribution < 1.29 is 0 Å². The lowest BCUT2D eigenvalue weighted by Crippen LogP contribution is -2.62. The van der Waals surface area contributed by atoms with Gasteiger partial charge in [-0.15, -0.1) is 0 Å². The van der Waals surface area contributed by atoms with E-state index in [0.29, 0.717) is 0 Å². The minimum Gasteiger partial charge on any atom is -0.376 e. The van der Waals surface area contributed by atoms with Crippen molar-refractivity contribution in [3.63, 3.8) is 0 Å². The van der Waals surface area contributed by atoms with Crippen LogP contribution in [-0.4, -0.2) is 6.85 Å². The number of aryl methyl sites for hydroxylation is 1. The topological polar surface area (TPSA) is 9.72 Å². The molecule has 62 heavy (non-hydrogen) atoms. The second kappa shape index (κ2) is 13.8. The molecular weight excluding hydrogens is 749 g/mol. The molecule has 0 amide bonds. The van der Waals surface area contributed by atoms with Gasteiger partial charge in [-0.2, -0.15) is 0 Å². The zero-order chi connectivity index (χ0) is 43.7. The van der Waals surface area contributed by atoms with Crippen LogP contribution in [0.25, 0.3) is 11.1 Å². The quantitative estimate of drug-likeness (QED) is 0.164. The largest absolute Gasteiger partial charge is 0.376 e. The summed E-state index contributed by atoms with van der Waals surface area (Å²) in [5.41, 5.74) is 22.9. The van der Waals surface area contributed by atoms with Gasteiger partial charge in [0.05, 0.1) is 5.69 Å². The summed E-state index contributed by atoms with van der Waals surface area (Å²) >= 11 is 0. The third-order valence-corrected chi connectivity index (χ3v) is 13.9. The molecule has 3 heterocycles. The predicted molar refractivity (Wildman–Crippen MR) is 268 cm³/mol. The molecule has 0 saturated carbocycles. The maximum absolute atomic E-state index is 2.65. The van der Waals surface area contributed by atoms with Gasteiger partial charge in [-0.1, -0.05) is 155 Å². The minimum absolute atomic E-state index is 0.0299. The van der Waals surface area contributed by atoms with Crippen molar-refractivity contribution in [2.45, 2.75) is 105 Å². The molecule has 0 N–H and O–H groups in total. The Bertz CT molecular complexity index is 2830. The molecule has 7 aromatic rings. The van der Waals surface area contributed by atoms with Crippen LogP contribution < -0.4 is 25.5 Å². The maximum Gasteiger partial charge on any atom is 0.333 e. The van der Waals surface area contributed by atoms with E-state index in [9.17, 15) is 0 Å². The summed E-state index contributed by atoms with van der Waals surface area (Å²) in [6.45, 7) is 27.7. The average molecular weight is 810 g/mol. The van der Waals surface area contributed by atoms with E-state index in [1.54, 1.807) is 0 Å². The van der Waals surface area contributed by atoms with Gasteiger partial charge in [-0.3, -0.25) is 0 Å². The van der Waals surface area contributed by atoms with Gasteiger partial charge in [0.25, 0.3) is 0 Å². The molecule has 0 saturated heterocycles. The Balaban J connectivity index is 1.24. The molecule has 10 rings (SSSR count). The van der Waals surface area contributed by atoms with E-state index in [2.05, 4.69) is 243 Å². The third-order valence-electron chi connectivity index (χ3n) is 13.9. The average Bonchev–Trinajstić information content (AvgIpc) is 3.23. The molecule has 0 aromatic heterocycles. The first kappa shape index (κ1) is 40.1. The fourth-order valence-electron chi connectivity index (χ4n) is 10.5. The van der Waals surface area contributed by atoms with E-state index >= 15 is 0 Å². The van der Waals surface area contributed by atoms with Gasteiger partial charge in [-0.05, 0) is 140 Å². The van der Waals surface area contributed by atoms with Gasteiger partial charge in [0.1, 0.15) is 0 Å². The highest BCUT2D eigenvalue weighted by atomic mass is 15.2. The summed E-state index contributed by atoms with van der Waals surface area (Å²) < 4.78 is 0. The molecule has 4 heteroatoms. The minimum atomic E-state index is -0.164. The van der Waals surface area contributed by atoms with E-state index in [1.807, 2.05) is 0 Å². The molecule has 0 atom stereocenters. The highest BCUT2D eigenvalue weighted by Gasteiger charge is 2.49. The van der Waals surface area contributed by atoms with Crippen LogP contribution in [0.2, 0.25) is 0 Å². The smallest absolute Gasteiger partial charge is 0.333 e. The van der Waals surface area contributed by atoms with Crippen molar-refractivity contribution in [3.8, 4) is 11.1 Å². The standard InChI is InChI=1S/C58H60BN3/c1-37-34-46-45-36-44(60(41-26-20-38(21-27-41)55(2,3)4)42-28-22-39(23-29-42)56(5,6)7)32-33-50(45)62(43-30-24-40(25-31-43)57(8,9)10)59-49-18-15-17-48-54(49)61(52(35-37)53(46)59)51-19-14-13-16-47(51)58(48,11)12/h13-36H,1-12H3. The molecular formula is C58H60BN3. The van der Waals surface area contributed by atoms with E-state index in [4.69, 9.17) is 0 Å².